The molecule has 8 nitrogen and oxygen atoms in total. The molecule has 2 rings (SSSR count). The number of nitrogens with zero attached hydrogens (tertiary/aromatic N) is 6. The van der Waals surface area contributed by atoms with Crippen molar-refractivity contribution in [1.29, 1.82) is 0 Å². The predicted molar refractivity (Wildman–Crippen MR) is 67.3 cm³/mol. The van der Waals surface area contributed by atoms with Crippen LogP contribution in [-0.2, 0) is 13.1 Å². The lowest BCUT2D eigenvalue weighted by Crippen LogP contribution is -2.23. The molecule has 0 spiro atoms. The van der Waals surface area contributed by atoms with Gasteiger partial charge >= 0.3 is 0 Å². The Balaban J connectivity index is 0.000000180. The van der Waals surface area contributed by atoms with Crippen LogP contribution in [0, 0.1) is 0 Å². The maximum atomic E-state index is 5.50. The van der Waals surface area contributed by atoms with Gasteiger partial charge in [0.25, 0.3) is 0 Å². The summed E-state index contributed by atoms with van der Waals surface area (Å²) in [4.78, 5) is 1.57. The van der Waals surface area contributed by atoms with Crippen molar-refractivity contribution in [3.05, 3.63) is 24.8 Å². The molecule has 0 bridgehead atoms. The fraction of sp³-hybridized carbons (Fsp3) is 0.600. The third-order valence-electron chi connectivity index (χ3n) is 1.86. The van der Waals surface area contributed by atoms with Crippen molar-refractivity contribution in [2.45, 2.75) is 39.0 Å². The van der Waals surface area contributed by atoms with Crippen molar-refractivity contribution < 1.29 is 0 Å². The van der Waals surface area contributed by atoms with Crippen molar-refractivity contribution in [2.24, 2.45) is 11.5 Å². The minimum absolute atomic E-state index is 0.123. The minimum Gasteiger partial charge on any atom is -0.326 e. The maximum Gasteiger partial charge on any atom is 0.0755 e. The van der Waals surface area contributed by atoms with E-state index in [0.717, 1.165) is 6.54 Å². The van der Waals surface area contributed by atoms with E-state index >= 15 is 0 Å². The largest absolute Gasteiger partial charge is 0.326 e. The predicted octanol–water partition coefficient (Wildman–Crippen LogP) is -0.749. The van der Waals surface area contributed by atoms with Crippen molar-refractivity contribution in [3.63, 3.8) is 0 Å². The number of aromatic nitrogens is 6. The highest BCUT2D eigenvalue weighted by Crippen LogP contribution is 1.83. The Hall–Kier alpha value is -1.80. The van der Waals surface area contributed by atoms with Crippen molar-refractivity contribution in [1.82, 2.24) is 30.0 Å². The fourth-order valence-electron chi connectivity index (χ4n) is 1.22. The third kappa shape index (κ3) is 6.06. The molecule has 2 aromatic rings. The van der Waals surface area contributed by atoms with E-state index in [-0.39, 0.29) is 12.1 Å². The first-order valence-corrected chi connectivity index (χ1v) is 5.77. The molecule has 4 N–H and O–H groups in total. The molecule has 0 aliphatic carbocycles. The molecule has 0 fully saturated rings. The number of rotatable bonds is 4. The molecule has 0 unspecified atom stereocenters. The first-order chi connectivity index (χ1) is 8.58. The molecule has 18 heavy (non-hydrogen) atoms. The SMILES string of the molecule is C[C@@H](N)Cn1ccnn1.C[C@@H](N)Cn1nccn1. The first-order valence-electron chi connectivity index (χ1n) is 5.77. The van der Waals surface area contributed by atoms with Crippen molar-refractivity contribution >= 4 is 0 Å². The van der Waals surface area contributed by atoms with Crippen LogP contribution in [-0.4, -0.2) is 42.1 Å². The molecule has 0 saturated carbocycles. The summed E-state index contributed by atoms with van der Waals surface area (Å²) in [7, 11) is 0. The second kappa shape index (κ2) is 7.51. The second-order valence-corrected chi connectivity index (χ2v) is 4.16. The summed E-state index contributed by atoms with van der Waals surface area (Å²) in [6.07, 6.45) is 6.72. The molecule has 0 aliphatic rings. The van der Waals surface area contributed by atoms with Gasteiger partial charge in [-0.25, -0.2) is 0 Å². The highest BCUT2D eigenvalue weighted by Gasteiger charge is 1.95. The maximum absolute atomic E-state index is 5.50. The van der Waals surface area contributed by atoms with Gasteiger partial charge < -0.3 is 11.5 Å². The molecular formula is C10H20N8. The summed E-state index contributed by atoms with van der Waals surface area (Å²) in [5.74, 6) is 0. The van der Waals surface area contributed by atoms with E-state index < -0.39 is 0 Å². The first kappa shape index (κ1) is 14.3. The number of hydrogen-bond donors (Lipinski definition) is 2. The lowest BCUT2D eigenvalue weighted by atomic mass is 10.4. The van der Waals surface area contributed by atoms with Gasteiger partial charge in [0.2, 0.25) is 0 Å². The van der Waals surface area contributed by atoms with Gasteiger partial charge in [-0.3, -0.25) is 4.68 Å². The van der Waals surface area contributed by atoms with Gasteiger partial charge in [0.15, 0.2) is 0 Å². The van der Waals surface area contributed by atoms with E-state index in [4.69, 9.17) is 11.5 Å². The van der Waals surface area contributed by atoms with E-state index in [0.29, 0.717) is 6.54 Å². The third-order valence-corrected chi connectivity index (χ3v) is 1.86. The normalized spacial score (nSPS) is 13.6. The molecule has 8 heteroatoms. The van der Waals surface area contributed by atoms with Gasteiger partial charge in [-0.2, -0.15) is 15.0 Å². The monoisotopic (exact) mass is 252 g/mol. The van der Waals surface area contributed by atoms with Crippen LogP contribution in [0.3, 0.4) is 0 Å². The van der Waals surface area contributed by atoms with E-state index in [2.05, 4.69) is 20.5 Å². The zero-order chi connectivity index (χ0) is 13.4. The Morgan fingerprint density at radius 2 is 1.61 bits per heavy atom. The summed E-state index contributed by atoms with van der Waals surface area (Å²) in [5, 5.41) is 15.1. The Morgan fingerprint density at radius 1 is 1.00 bits per heavy atom. The van der Waals surface area contributed by atoms with Gasteiger partial charge in [-0.05, 0) is 13.8 Å². The molecule has 2 heterocycles. The molecule has 0 aromatic carbocycles. The zero-order valence-corrected chi connectivity index (χ0v) is 10.7. The second-order valence-electron chi connectivity index (χ2n) is 4.16. The highest BCUT2D eigenvalue weighted by atomic mass is 15.5. The Kier molecular flexibility index (Phi) is 5.95. The fourth-order valence-corrected chi connectivity index (χ4v) is 1.22. The molecule has 2 aromatic heterocycles. The van der Waals surface area contributed by atoms with E-state index in [1.54, 1.807) is 34.3 Å². The van der Waals surface area contributed by atoms with Gasteiger partial charge in [0.1, 0.15) is 0 Å². The standard InChI is InChI=1S/2C5H10N4/c1-5(6)4-9-3-2-7-8-9;1-5(6)4-9-7-2-3-8-9/h2*2-3,5H,4,6H2,1H3/t2*5-/m11/s1. The molecule has 0 radical (unpaired) electrons. The van der Waals surface area contributed by atoms with Crippen LogP contribution in [0.5, 0.6) is 0 Å². The van der Waals surface area contributed by atoms with Crippen molar-refractivity contribution in [3.8, 4) is 0 Å². The molecular weight excluding hydrogens is 232 g/mol. The Morgan fingerprint density at radius 3 is 2.06 bits per heavy atom. The average molecular weight is 252 g/mol. The zero-order valence-electron chi connectivity index (χ0n) is 10.7. The van der Waals surface area contributed by atoms with Crippen LogP contribution in [0.25, 0.3) is 0 Å². The number of hydrogen-bond acceptors (Lipinski definition) is 6. The van der Waals surface area contributed by atoms with E-state index in [1.165, 1.54) is 0 Å². The Bertz CT molecular complexity index is 351. The molecule has 0 amide bonds. The van der Waals surface area contributed by atoms with E-state index in [9.17, 15) is 0 Å². The summed E-state index contributed by atoms with van der Waals surface area (Å²) in [5.41, 5.74) is 11.0. The summed E-state index contributed by atoms with van der Waals surface area (Å²) in [6.45, 7) is 5.28. The van der Waals surface area contributed by atoms with Gasteiger partial charge in [-0.1, -0.05) is 5.21 Å². The van der Waals surface area contributed by atoms with Crippen LogP contribution >= 0.6 is 0 Å². The van der Waals surface area contributed by atoms with Gasteiger partial charge in [-0.15, -0.1) is 5.10 Å². The van der Waals surface area contributed by atoms with Crippen molar-refractivity contribution in [2.75, 3.05) is 0 Å². The lowest BCUT2D eigenvalue weighted by Gasteiger charge is -2.01. The van der Waals surface area contributed by atoms with Crippen LogP contribution in [0.15, 0.2) is 24.8 Å². The topological polar surface area (TPSA) is 113 Å². The smallest absolute Gasteiger partial charge is 0.0755 e. The van der Waals surface area contributed by atoms with Gasteiger partial charge in [0.05, 0.1) is 31.7 Å². The summed E-state index contributed by atoms with van der Waals surface area (Å²) in [6, 6.07) is 0.268. The number of nitrogens with two attached hydrogens (primary N) is 2. The lowest BCUT2D eigenvalue weighted by molar-refractivity contribution is 0.482. The molecule has 0 saturated heterocycles. The highest BCUT2D eigenvalue weighted by molar-refractivity contribution is 4.66. The van der Waals surface area contributed by atoms with Crippen LogP contribution in [0.2, 0.25) is 0 Å². The van der Waals surface area contributed by atoms with Crippen LogP contribution < -0.4 is 11.5 Å². The van der Waals surface area contributed by atoms with E-state index in [1.807, 2.05) is 13.8 Å². The van der Waals surface area contributed by atoms with Crippen LogP contribution in [0.1, 0.15) is 13.8 Å². The van der Waals surface area contributed by atoms with Gasteiger partial charge in [0, 0.05) is 18.3 Å². The Labute approximate surface area is 106 Å². The summed E-state index contributed by atoms with van der Waals surface area (Å²) >= 11 is 0. The minimum atomic E-state index is 0.123. The summed E-state index contributed by atoms with van der Waals surface area (Å²) < 4.78 is 1.71. The molecule has 2 atom stereocenters. The van der Waals surface area contributed by atoms with Crippen LogP contribution in [0.4, 0.5) is 0 Å². The molecule has 0 aliphatic heterocycles. The quantitative estimate of drug-likeness (QED) is 0.740. The average Bonchev–Trinajstić information content (AvgIpc) is 2.90. The molecule has 100 valence electrons.